The number of nitrogens with zero attached hydrogens (tertiary/aromatic N) is 4. The van der Waals surface area contributed by atoms with Crippen molar-refractivity contribution in [2.75, 3.05) is 55.4 Å². The minimum atomic E-state index is -1.16. The fourth-order valence-corrected chi connectivity index (χ4v) is 8.58. The monoisotopic (exact) mass is 981 g/mol. The lowest BCUT2D eigenvalue weighted by Crippen LogP contribution is -2.46. The normalized spacial score (nSPS) is 12.8. The Hall–Kier alpha value is -7.43. The van der Waals surface area contributed by atoms with Gasteiger partial charge in [-0.1, -0.05) is 80.6 Å². The van der Waals surface area contributed by atoms with Crippen molar-refractivity contribution < 1.29 is 38.6 Å². The van der Waals surface area contributed by atoms with Crippen LogP contribution in [0.1, 0.15) is 112 Å². The first kappa shape index (κ1) is 53.9. The molecule has 1 saturated heterocycles. The Morgan fingerprint density at radius 2 is 1.38 bits per heavy atom. The molecule has 0 aliphatic carbocycles. The molecule has 0 radical (unpaired) electrons. The third-order valence-corrected chi connectivity index (χ3v) is 13.0. The van der Waals surface area contributed by atoms with E-state index in [-0.39, 0.29) is 48.7 Å². The lowest BCUT2D eigenvalue weighted by atomic mass is 10.0. The molecule has 0 spiro atoms. The molecule has 16 heteroatoms. The van der Waals surface area contributed by atoms with Gasteiger partial charge in [-0.05, 0) is 116 Å². The number of aliphatic hydroxyl groups excluding tert-OH is 1. The fraction of sp³-hybridized carbons (Fsp3) is 0.375. The average Bonchev–Trinajstić information content (AvgIpc) is 3.41. The van der Waals surface area contributed by atoms with Crippen molar-refractivity contribution in [2.45, 2.75) is 96.9 Å². The van der Waals surface area contributed by atoms with Crippen LogP contribution in [0.15, 0.2) is 115 Å². The Morgan fingerprint density at radius 1 is 0.708 bits per heavy atom. The number of carbonyl (C=O) groups is 6. The van der Waals surface area contributed by atoms with Gasteiger partial charge in [-0.2, -0.15) is 0 Å². The van der Waals surface area contributed by atoms with E-state index in [2.05, 4.69) is 39.6 Å². The lowest BCUT2D eigenvalue weighted by Gasteiger charge is -2.32. The van der Waals surface area contributed by atoms with Crippen LogP contribution in [0.25, 0.3) is 0 Å². The van der Waals surface area contributed by atoms with Crippen molar-refractivity contribution in [3.05, 3.63) is 154 Å². The number of hydrogen-bond acceptors (Lipinski definition) is 11. The number of rotatable bonds is 25. The van der Waals surface area contributed by atoms with E-state index >= 15 is 0 Å². The summed E-state index contributed by atoms with van der Waals surface area (Å²) in [6, 6.07) is 34.0. The molecule has 16 nitrogen and oxygen atoms in total. The van der Waals surface area contributed by atoms with Gasteiger partial charge in [-0.3, -0.25) is 33.7 Å². The van der Waals surface area contributed by atoms with Gasteiger partial charge >= 0.3 is 5.97 Å². The molecule has 1 atom stereocenters. The van der Waals surface area contributed by atoms with Crippen LogP contribution in [0.3, 0.4) is 0 Å². The maximum atomic E-state index is 14.1. The van der Waals surface area contributed by atoms with Crippen LogP contribution in [0.5, 0.6) is 0 Å². The van der Waals surface area contributed by atoms with Gasteiger partial charge in [0.15, 0.2) is 5.69 Å². The molecule has 2 heterocycles. The zero-order valence-electron chi connectivity index (χ0n) is 41.6. The number of aliphatic hydroxyl groups is 1. The van der Waals surface area contributed by atoms with Gasteiger partial charge in [0.25, 0.3) is 17.7 Å². The first-order valence-corrected chi connectivity index (χ1v) is 24.9. The molecule has 5 amide bonds. The number of benzene rings is 4. The highest BCUT2D eigenvalue weighted by atomic mass is 16.5. The number of aromatic nitrogens is 1. The van der Waals surface area contributed by atoms with Crippen LogP contribution in [0.2, 0.25) is 0 Å². The highest BCUT2D eigenvalue weighted by molar-refractivity contribution is 6.11. The summed E-state index contributed by atoms with van der Waals surface area (Å²) in [5.74, 6) is -2.07. The lowest BCUT2D eigenvalue weighted by molar-refractivity contribution is -0.147. The number of hydrogen-bond donors (Lipinski definition) is 5. The summed E-state index contributed by atoms with van der Waals surface area (Å²) in [4.78, 5) is 88.4. The van der Waals surface area contributed by atoms with E-state index in [0.717, 1.165) is 67.4 Å². The molecule has 1 aliphatic heterocycles. The number of carbonyl (C=O) groups excluding carboxylic acids is 6. The van der Waals surface area contributed by atoms with Gasteiger partial charge in [-0.15, -0.1) is 0 Å². The first-order valence-electron chi connectivity index (χ1n) is 24.9. The van der Waals surface area contributed by atoms with E-state index < -0.39 is 36.3 Å². The number of esters is 1. The predicted molar refractivity (Wildman–Crippen MR) is 278 cm³/mol. The van der Waals surface area contributed by atoms with E-state index in [0.29, 0.717) is 55.1 Å². The van der Waals surface area contributed by atoms with E-state index in [9.17, 15) is 33.9 Å². The van der Waals surface area contributed by atoms with Gasteiger partial charge < -0.3 is 41.3 Å². The molecular weight excluding hydrogens is 913 g/mol. The molecule has 5 aromatic rings. The Labute approximate surface area is 422 Å². The SMILES string of the molecule is CCC(CC)N(CCN(C)C(=O)CCC(=O)OCc1ccccc1)Cc1cccc(C(=O)Nc2ccc(N3CCCCC3)nc2C(=O)Nc2ccc(CCc3ccc(C(=O)N[C@@H](CO)C(N)=O)cc3)cc2)c1. The van der Waals surface area contributed by atoms with Crippen molar-refractivity contribution in [2.24, 2.45) is 5.73 Å². The van der Waals surface area contributed by atoms with E-state index in [1.807, 2.05) is 91.0 Å². The molecule has 72 heavy (non-hydrogen) atoms. The Bertz CT molecular complexity index is 2600. The number of likely N-dealkylation sites (N-methyl/N-ethyl adjacent to an activating group) is 1. The number of nitrogens with two attached hydrogens (primary N) is 1. The number of primary amides is 1. The molecule has 0 bridgehead atoms. The standard InChI is InChI=1S/C56H68N8O8/c1-4-46(5-2)64(34-33-62(3)50(66)29-30-51(67)72-38-41-13-8-6-9-14-41)36-42-15-12-16-44(35-42)55(70)59-47-27-28-49(63-31-10-7-11-32-63)61-52(47)56(71)58-45-25-21-40(22-26-45)18-17-39-19-23-43(24-20-39)54(69)60-48(37-65)53(57)68/h6,8-9,12-16,19-28,35,46,48,65H,4-5,7,10-11,17-18,29-34,36-38H2,1-3H3,(H2,57,68)(H,58,71)(H,59,70)(H,60,69)/t48-/m0/s1. The smallest absolute Gasteiger partial charge is 0.306 e. The second kappa shape index (κ2) is 27.2. The van der Waals surface area contributed by atoms with Crippen LogP contribution < -0.4 is 26.6 Å². The zero-order chi connectivity index (χ0) is 51.4. The summed E-state index contributed by atoms with van der Waals surface area (Å²) in [5, 5.41) is 17.7. The molecule has 6 rings (SSSR count). The summed E-state index contributed by atoms with van der Waals surface area (Å²) in [6.45, 7) is 7.09. The van der Waals surface area contributed by atoms with Crippen LogP contribution in [-0.2, 0) is 45.1 Å². The largest absolute Gasteiger partial charge is 0.461 e. The van der Waals surface area contributed by atoms with Gasteiger partial charge in [-0.25, -0.2) is 4.98 Å². The first-order chi connectivity index (χ1) is 34.8. The number of pyridine rings is 1. The minimum Gasteiger partial charge on any atom is -0.461 e. The molecular formula is C56H68N8O8. The topological polar surface area (TPSA) is 217 Å². The quantitative estimate of drug-likeness (QED) is 0.0379. The molecule has 0 unspecified atom stereocenters. The van der Waals surface area contributed by atoms with Crippen molar-refractivity contribution >= 4 is 52.7 Å². The van der Waals surface area contributed by atoms with Gasteiger partial charge in [0.05, 0.1) is 18.7 Å². The maximum absolute atomic E-state index is 14.1. The van der Waals surface area contributed by atoms with Crippen LogP contribution >= 0.6 is 0 Å². The van der Waals surface area contributed by atoms with Crippen molar-refractivity contribution in [3.8, 4) is 0 Å². The zero-order valence-corrected chi connectivity index (χ0v) is 41.6. The van der Waals surface area contributed by atoms with Crippen molar-refractivity contribution in [3.63, 3.8) is 0 Å². The third kappa shape index (κ3) is 16.0. The Kier molecular flexibility index (Phi) is 20.4. The average molecular weight is 981 g/mol. The molecule has 6 N–H and O–H groups in total. The number of piperidine rings is 1. The van der Waals surface area contributed by atoms with Crippen LogP contribution in [-0.4, -0.2) is 107 Å². The molecule has 0 saturated carbocycles. The van der Waals surface area contributed by atoms with Gasteiger partial charge in [0, 0.05) is 69.0 Å². The highest BCUT2D eigenvalue weighted by Crippen LogP contribution is 2.25. The molecule has 380 valence electrons. The van der Waals surface area contributed by atoms with E-state index in [4.69, 9.17) is 15.5 Å². The van der Waals surface area contributed by atoms with Crippen molar-refractivity contribution in [1.82, 2.24) is 20.1 Å². The van der Waals surface area contributed by atoms with E-state index in [1.54, 1.807) is 36.2 Å². The van der Waals surface area contributed by atoms with Gasteiger partial charge in [0.1, 0.15) is 18.5 Å². The second-order valence-electron chi connectivity index (χ2n) is 18.1. The van der Waals surface area contributed by atoms with Crippen LogP contribution in [0.4, 0.5) is 17.2 Å². The molecule has 1 aromatic heterocycles. The molecule has 1 fully saturated rings. The molecule has 4 aromatic carbocycles. The predicted octanol–water partition coefficient (Wildman–Crippen LogP) is 6.91. The van der Waals surface area contributed by atoms with Crippen LogP contribution in [0, 0.1) is 0 Å². The number of anilines is 3. The number of amides is 5. The molecule has 1 aliphatic rings. The minimum absolute atomic E-state index is 0.00377. The highest BCUT2D eigenvalue weighted by Gasteiger charge is 2.23. The second-order valence-corrected chi connectivity index (χ2v) is 18.1. The number of aryl methyl sites for hydroxylation is 2. The van der Waals surface area contributed by atoms with E-state index in [1.165, 1.54) is 0 Å². The summed E-state index contributed by atoms with van der Waals surface area (Å²) < 4.78 is 5.36. The number of ether oxygens (including phenoxy) is 1. The summed E-state index contributed by atoms with van der Waals surface area (Å²) in [7, 11) is 1.75. The maximum Gasteiger partial charge on any atom is 0.306 e. The summed E-state index contributed by atoms with van der Waals surface area (Å²) in [5.41, 5.74) is 10.7. The summed E-state index contributed by atoms with van der Waals surface area (Å²) in [6.07, 6.45) is 6.40. The summed E-state index contributed by atoms with van der Waals surface area (Å²) >= 11 is 0. The van der Waals surface area contributed by atoms with Gasteiger partial charge in [0.2, 0.25) is 11.8 Å². The van der Waals surface area contributed by atoms with Crippen molar-refractivity contribution in [1.29, 1.82) is 0 Å². The Morgan fingerprint density at radius 3 is 2.03 bits per heavy atom. The number of nitrogens with one attached hydrogen (secondary N) is 3. The Balaban J connectivity index is 1.07. The fourth-order valence-electron chi connectivity index (χ4n) is 8.58. The third-order valence-electron chi connectivity index (χ3n) is 13.0.